The van der Waals surface area contributed by atoms with Gasteiger partial charge >= 0.3 is 0 Å². The zero-order chi connectivity index (χ0) is 15.0. The Hall–Kier alpha value is -1.14. The summed E-state index contributed by atoms with van der Waals surface area (Å²) in [6.07, 6.45) is 5.49. The molecular formula is C15H25ClN4O2. The number of nitrogens with zero attached hydrogens (tertiary/aromatic N) is 3. The van der Waals surface area contributed by atoms with E-state index in [1.54, 1.807) is 11.8 Å². The minimum Gasteiger partial charge on any atom is -0.340 e. The Morgan fingerprint density at radius 2 is 2.00 bits per heavy atom. The van der Waals surface area contributed by atoms with Crippen molar-refractivity contribution >= 4 is 18.3 Å². The maximum absolute atomic E-state index is 12.6. The fourth-order valence-electron chi connectivity index (χ4n) is 4.00. The van der Waals surface area contributed by atoms with Crippen molar-refractivity contribution in [1.29, 1.82) is 0 Å². The molecule has 22 heavy (non-hydrogen) atoms. The summed E-state index contributed by atoms with van der Waals surface area (Å²) in [5.41, 5.74) is 6.29. The van der Waals surface area contributed by atoms with E-state index in [0.717, 1.165) is 12.8 Å². The predicted octanol–water partition coefficient (Wildman–Crippen LogP) is 1.91. The van der Waals surface area contributed by atoms with Crippen LogP contribution >= 0.6 is 12.4 Å². The second-order valence-electron chi connectivity index (χ2n) is 6.62. The Labute approximate surface area is 137 Å². The fourth-order valence-corrected chi connectivity index (χ4v) is 4.00. The van der Waals surface area contributed by atoms with Crippen molar-refractivity contribution in [3.8, 4) is 0 Å². The number of hydrogen-bond donors (Lipinski definition) is 1. The minimum absolute atomic E-state index is 0. The standard InChI is InChI=1S/C15H24N4O2.ClH/c1-9-17-13(18-21-9)8-19(2)15(20)12-6-10-4-3-5-11(7-12)14(10)16;/h10-12,14H,3-8,16H2,1-2H3;1H. The Bertz CT molecular complexity index is 507. The molecule has 2 aliphatic rings. The average Bonchev–Trinajstić information content (AvgIpc) is 2.83. The molecule has 0 spiro atoms. The van der Waals surface area contributed by atoms with Gasteiger partial charge < -0.3 is 15.2 Å². The van der Waals surface area contributed by atoms with E-state index in [9.17, 15) is 4.79 Å². The van der Waals surface area contributed by atoms with Gasteiger partial charge in [0.1, 0.15) is 0 Å². The number of aryl methyl sites for hydroxylation is 1. The average molecular weight is 329 g/mol. The van der Waals surface area contributed by atoms with Crippen LogP contribution in [0.4, 0.5) is 0 Å². The van der Waals surface area contributed by atoms with Crippen molar-refractivity contribution in [3.63, 3.8) is 0 Å². The molecule has 0 aliphatic heterocycles. The highest BCUT2D eigenvalue weighted by molar-refractivity contribution is 5.85. The molecule has 1 amide bonds. The molecule has 2 N–H and O–H groups in total. The van der Waals surface area contributed by atoms with Gasteiger partial charge in [0, 0.05) is 25.9 Å². The maximum Gasteiger partial charge on any atom is 0.225 e. The number of fused-ring (bicyclic) bond motifs is 2. The number of carbonyl (C=O) groups excluding carboxylic acids is 1. The largest absolute Gasteiger partial charge is 0.340 e. The summed E-state index contributed by atoms with van der Waals surface area (Å²) >= 11 is 0. The summed E-state index contributed by atoms with van der Waals surface area (Å²) in [4.78, 5) is 18.5. The fraction of sp³-hybridized carbons (Fsp3) is 0.800. The van der Waals surface area contributed by atoms with E-state index >= 15 is 0 Å². The van der Waals surface area contributed by atoms with Crippen LogP contribution < -0.4 is 5.73 Å². The van der Waals surface area contributed by atoms with Crippen LogP contribution in [0.25, 0.3) is 0 Å². The van der Waals surface area contributed by atoms with E-state index in [-0.39, 0.29) is 24.2 Å². The molecule has 2 aliphatic carbocycles. The summed E-state index contributed by atoms with van der Waals surface area (Å²) in [5, 5.41) is 3.85. The van der Waals surface area contributed by atoms with Crippen molar-refractivity contribution in [2.24, 2.45) is 23.5 Å². The number of halogens is 1. The van der Waals surface area contributed by atoms with E-state index in [4.69, 9.17) is 10.3 Å². The van der Waals surface area contributed by atoms with E-state index in [1.165, 1.54) is 19.3 Å². The molecule has 0 radical (unpaired) electrons. The van der Waals surface area contributed by atoms with Gasteiger partial charge in [-0.05, 0) is 37.5 Å². The first-order valence-electron chi connectivity index (χ1n) is 7.84. The molecule has 124 valence electrons. The molecule has 0 aromatic carbocycles. The van der Waals surface area contributed by atoms with Gasteiger partial charge in [0.2, 0.25) is 11.8 Å². The third-order valence-corrected chi connectivity index (χ3v) is 5.09. The first-order chi connectivity index (χ1) is 10.0. The SMILES string of the molecule is Cc1nc(CN(C)C(=O)C2CC3CCCC(C2)C3N)no1.Cl. The van der Waals surface area contributed by atoms with Crippen LogP contribution in [0.1, 0.15) is 43.8 Å². The van der Waals surface area contributed by atoms with Gasteiger partial charge in [-0.2, -0.15) is 4.98 Å². The predicted molar refractivity (Wildman–Crippen MR) is 84.3 cm³/mol. The summed E-state index contributed by atoms with van der Waals surface area (Å²) in [6.45, 7) is 2.16. The van der Waals surface area contributed by atoms with Crippen LogP contribution in [0.2, 0.25) is 0 Å². The highest BCUT2D eigenvalue weighted by Crippen LogP contribution is 2.42. The van der Waals surface area contributed by atoms with Crippen LogP contribution in [0.3, 0.4) is 0 Å². The highest BCUT2D eigenvalue weighted by Gasteiger charge is 2.41. The molecule has 2 unspecified atom stereocenters. The first-order valence-corrected chi connectivity index (χ1v) is 7.84. The maximum atomic E-state index is 12.6. The lowest BCUT2D eigenvalue weighted by Gasteiger charge is -2.44. The smallest absolute Gasteiger partial charge is 0.225 e. The number of rotatable bonds is 3. The number of aromatic nitrogens is 2. The molecule has 2 bridgehead atoms. The topological polar surface area (TPSA) is 85.2 Å². The molecule has 7 heteroatoms. The molecule has 6 nitrogen and oxygen atoms in total. The lowest BCUT2D eigenvalue weighted by molar-refractivity contribution is -0.137. The van der Waals surface area contributed by atoms with Gasteiger partial charge in [0.25, 0.3) is 0 Å². The molecular weight excluding hydrogens is 304 g/mol. The van der Waals surface area contributed by atoms with Crippen LogP contribution in [-0.4, -0.2) is 34.0 Å². The van der Waals surface area contributed by atoms with Crippen LogP contribution in [0.15, 0.2) is 4.52 Å². The van der Waals surface area contributed by atoms with Gasteiger partial charge in [-0.25, -0.2) is 0 Å². The third kappa shape index (κ3) is 3.43. The number of nitrogens with two attached hydrogens (primary N) is 1. The Morgan fingerprint density at radius 1 is 1.36 bits per heavy atom. The summed E-state index contributed by atoms with van der Waals surface area (Å²) < 4.78 is 4.95. The Morgan fingerprint density at radius 3 is 2.55 bits per heavy atom. The van der Waals surface area contributed by atoms with Crippen molar-refractivity contribution < 1.29 is 9.32 Å². The third-order valence-electron chi connectivity index (χ3n) is 5.09. The second-order valence-corrected chi connectivity index (χ2v) is 6.62. The number of amides is 1. The molecule has 2 saturated carbocycles. The Balaban J connectivity index is 0.00000176. The molecule has 1 aromatic rings. The number of hydrogen-bond acceptors (Lipinski definition) is 5. The van der Waals surface area contributed by atoms with Crippen LogP contribution in [0, 0.1) is 24.7 Å². The van der Waals surface area contributed by atoms with Crippen LogP contribution in [-0.2, 0) is 11.3 Å². The monoisotopic (exact) mass is 328 g/mol. The van der Waals surface area contributed by atoms with Gasteiger partial charge in [0.15, 0.2) is 5.82 Å². The van der Waals surface area contributed by atoms with Crippen LogP contribution in [0.5, 0.6) is 0 Å². The highest BCUT2D eigenvalue weighted by atomic mass is 35.5. The molecule has 0 saturated heterocycles. The van der Waals surface area contributed by atoms with E-state index in [0.29, 0.717) is 36.1 Å². The summed E-state index contributed by atoms with van der Waals surface area (Å²) in [7, 11) is 1.82. The molecule has 1 heterocycles. The first kappa shape index (κ1) is 17.2. The zero-order valence-corrected chi connectivity index (χ0v) is 14.0. The number of carbonyl (C=O) groups is 1. The van der Waals surface area contributed by atoms with Gasteiger partial charge in [-0.15, -0.1) is 12.4 Å². The quantitative estimate of drug-likeness (QED) is 0.916. The molecule has 3 rings (SSSR count). The normalized spacial score (nSPS) is 30.5. The molecule has 2 atom stereocenters. The van der Waals surface area contributed by atoms with Crippen molar-refractivity contribution in [3.05, 3.63) is 11.7 Å². The van der Waals surface area contributed by atoms with Crippen molar-refractivity contribution in [2.45, 2.75) is 51.6 Å². The second kappa shape index (κ2) is 6.96. The molecule has 2 fully saturated rings. The lowest BCUT2D eigenvalue weighted by atomic mass is 9.65. The van der Waals surface area contributed by atoms with E-state index < -0.39 is 0 Å². The van der Waals surface area contributed by atoms with E-state index in [1.807, 2.05) is 7.05 Å². The Kier molecular flexibility index (Phi) is 5.45. The minimum atomic E-state index is 0. The van der Waals surface area contributed by atoms with E-state index in [2.05, 4.69) is 10.1 Å². The zero-order valence-electron chi connectivity index (χ0n) is 13.2. The van der Waals surface area contributed by atoms with Crippen molar-refractivity contribution in [2.75, 3.05) is 7.05 Å². The lowest BCUT2D eigenvalue weighted by Crippen LogP contribution is -2.49. The van der Waals surface area contributed by atoms with Gasteiger partial charge in [-0.3, -0.25) is 4.79 Å². The van der Waals surface area contributed by atoms with Gasteiger partial charge in [0.05, 0.1) is 6.54 Å². The van der Waals surface area contributed by atoms with Gasteiger partial charge in [-0.1, -0.05) is 11.6 Å². The van der Waals surface area contributed by atoms with Crippen molar-refractivity contribution in [1.82, 2.24) is 15.0 Å². The summed E-state index contributed by atoms with van der Waals surface area (Å²) in [6, 6.07) is 0.299. The summed E-state index contributed by atoms with van der Waals surface area (Å²) in [5.74, 6) is 2.44. The molecule has 1 aromatic heterocycles.